The molecule has 0 spiro atoms. The first-order valence-electron chi connectivity index (χ1n) is 7.17. The highest BCUT2D eigenvalue weighted by molar-refractivity contribution is 5.91. The number of hydrogen-bond donors (Lipinski definition) is 2. The largest absolute Gasteiger partial charge is 0.399 e. The van der Waals surface area contributed by atoms with Crippen LogP contribution in [0.3, 0.4) is 0 Å². The molecule has 0 aliphatic rings. The number of nitrogen functional groups attached to an aromatic ring is 1. The van der Waals surface area contributed by atoms with Crippen LogP contribution < -0.4 is 11.1 Å². The summed E-state index contributed by atoms with van der Waals surface area (Å²) in [7, 11) is 0. The van der Waals surface area contributed by atoms with E-state index in [4.69, 9.17) is 10.5 Å². The summed E-state index contributed by atoms with van der Waals surface area (Å²) < 4.78 is 5.65. The minimum absolute atomic E-state index is 0.000463. The van der Waals surface area contributed by atoms with Crippen LogP contribution >= 0.6 is 0 Å². The van der Waals surface area contributed by atoms with Crippen molar-refractivity contribution in [3.63, 3.8) is 0 Å². The van der Waals surface area contributed by atoms with Gasteiger partial charge in [-0.1, -0.05) is 19.9 Å². The van der Waals surface area contributed by atoms with Crippen LogP contribution in [-0.4, -0.2) is 18.6 Å². The fraction of sp³-hybridized carbons (Fsp3) is 0.562. The van der Waals surface area contributed by atoms with Crippen molar-refractivity contribution < 1.29 is 9.53 Å². The Morgan fingerprint density at radius 3 is 2.70 bits per heavy atom. The zero-order chi connectivity index (χ0) is 15.1. The van der Waals surface area contributed by atoms with E-state index in [0.29, 0.717) is 24.6 Å². The average molecular weight is 278 g/mol. The Bertz CT molecular complexity index is 444. The maximum Gasteiger partial charge on any atom is 0.224 e. The smallest absolute Gasteiger partial charge is 0.224 e. The lowest BCUT2D eigenvalue weighted by atomic mass is 10.1. The Balaban J connectivity index is 2.32. The van der Waals surface area contributed by atoms with E-state index in [0.717, 1.165) is 17.7 Å². The van der Waals surface area contributed by atoms with Gasteiger partial charge in [0.05, 0.1) is 6.10 Å². The van der Waals surface area contributed by atoms with Crippen LogP contribution in [0.5, 0.6) is 0 Å². The lowest BCUT2D eigenvalue weighted by Crippen LogP contribution is -2.18. The van der Waals surface area contributed by atoms with Gasteiger partial charge < -0.3 is 15.8 Å². The van der Waals surface area contributed by atoms with Crippen molar-refractivity contribution in [1.82, 2.24) is 0 Å². The summed E-state index contributed by atoms with van der Waals surface area (Å²) >= 11 is 0. The molecule has 1 atom stereocenters. The van der Waals surface area contributed by atoms with E-state index in [-0.39, 0.29) is 12.0 Å². The van der Waals surface area contributed by atoms with Crippen molar-refractivity contribution in [2.75, 3.05) is 17.7 Å². The first kappa shape index (κ1) is 16.5. The van der Waals surface area contributed by atoms with Gasteiger partial charge >= 0.3 is 0 Å². The molecule has 1 rings (SSSR count). The van der Waals surface area contributed by atoms with Gasteiger partial charge in [0.25, 0.3) is 0 Å². The number of benzene rings is 1. The molecular weight excluding hydrogens is 252 g/mol. The minimum atomic E-state index is -0.000463. The van der Waals surface area contributed by atoms with E-state index in [9.17, 15) is 4.79 Å². The zero-order valence-corrected chi connectivity index (χ0v) is 12.9. The maximum absolute atomic E-state index is 11.8. The highest BCUT2D eigenvalue weighted by Crippen LogP contribution is 2.18. The SMILES string of the molecule is Cc1ccc(N)cc1NC(=O)CCCOC(C)C(C)C. The number of nitrogens with one attached hydrogen (secondary N) is 1. The molecule has 1 amide bonds. The summed E-state index contributed by atoms with van der Waals surface area (Å²) in [5.41, 5.74) is 8.16. The minimum Gasteiger partial charge on any atom is -0.399 e. The number of aryl methyl sites for hydroxylation is 1. The molecule has 0 fully saturated rings. The highest BCUT2D eigenvalue weighted by atomic mass is 16.5. The average Bonchev–Trinajstić information content (AvgIpc) is 2.38. The Kier molecular flexibility index (Phi) is 6.52. The Labute approximate surface area is 121 Å². The molecule has 112 valence electrons. The Morgan fingerprint density at radius 1 is 1.35 bits per heavy atom. The molecule has 1 aromatic rings. The maximum atomic E-state index is 11.8. The second-order valence-corrected chi connectivity index (χ2v) is 5.55. The van der Waals surface area contributed by atoms with Gasteiger partial charge in [0.15, 0.2) is 0 Å². The predicted molar refractivity (Wildman–Crippen MR) is 83.7 cm³/mol. The second kappa shape index (κ2) is 7.90. The summed E-state index contributed by atoms with van der Waals surface area (Å²) in [6, 6.07) is 5.51. The number of nitrogens with two attached hydrogens (primary N) is 1. The van der Waals surface area contributed by atoms with Crippen molar-refractivity contribution in [3.8, 4) is 0 Å². The molecule has 0 saturated heterocycles. The van der Waals surface area contributed by atoms with Gasteiger partial charge in [-0.3, -0.25) is 4.79 Å². The quantitative estimate of drug-likeness (QED) is 0.594. The molecule has 1 aromatic carbocycles. The number of ether oxygens (including phenoxy) is 1. The molecule has 0 heterocycles. The van der Waals surface area contributed by atoms with E-state index in [1.807, 2.05) is 19.1 Å². The standard InChI is InChI=1S/C16H26N2O2/c1-11(2)13(4)20-9-5-6-16(19)18-15-10-14(17)8-7-12(15)3/h7-8,10-11,13H,5-6,9,17H2,1-4H3,(H,18,19). The number of carbonyl (C=O) groups is 1. The van der Waals surface area contributed by atoms with Gasteiger partial charge in [-0.05, 0) is 43.9 Å². The zero-order valence-electron chi connectivity index (χ0n) is 12.9. The van der Waals surface area contributed by atoms with E-state index < -0.39 is 0 Å². The van der Waals surface area contributed by atoms with Crippen molar-refractivity contribution in [3.05, 3.63) is 23.8 Å². The molecule has 0 bridgehead atoms. The number of anilines is 2. The molecule has 0 saturated carbocycles. The van der Waals surface area contributed by atoms with Crippen molar-refractivity contribution in [2.24, 2.45) is 5.92 Å². The van der Waals surface area contributed by atoms with Crippen LogP contribution in [0.2, 0.25) is 0 Å². The first-order chi connectivity index (χ1) is 9.40. The summed E-state index contributed by atoms with van der Waals surface area (Å²) in [4.78, 5) is 11.8. The molecule has 4 nitrogen and oxygen atoms in total. The van der Waals surface area contributed by atoms with Crippen LogP contribution in [0.1, 0.15) is 39.2 Å². The molecule has 0 radical (unpaired) electrons. The third-order valence-electron chi connectivity index (χ3n) is 3.40. The first-order valence-corrected chi connectivity index (χ1v) is 7.17. The monoisotopic (exact) mass is 278 g/mol. The molecule has 4 heteroatoms. The van der Waals surface area contributed by atoms with E-state index >= 15 is 0 Å². The van der Waals surface area contributed by atoms with Crippen molar-refractivity contribution >= 4 is 17.3 Å². The number of amides is 1. The molecule has 0 aliphatic heterocycles. The normalized spacial score (nSPS) is 12.4. The number of hydrogen-bond acceptors (Lipinski definition) is 3. The third-order valence-corrected chi connectivity index (χ3v) is 3.40. The lowest BCUT2D eigenvalue weighted by Gasteiger charge is -2.16. The predicted octanol–water partition coefficient (Wildman–Crippen LogP) is 3.36. The van der Waals surface area contributed by atoms with Crippen molar-refractivity contribution in [1.29, 1.82) is 0 Å². The summed E-state index contributed by atoms with van der Waals surface area (Å²) in [6.07, 6.45) is 1.41. The summed E-state index contributed by atoms with van der Waals surface area (Å²) in [6.45, 7) is 8.87. The molecule has 1 unspecified atom stereocenters. The van der Waals surface area contributed by atoms with Crippen LogP contribution in [-0.2, 0) is 9.53 Å². The number of rotatable bonds is 7. The molecule has 20 heavy (non-hydrogen) atoms. The summed E-state index contributed by atoms with van der Waals surface area (Å²) in [5.74, 6) is 0.498. The van der Waals surface area contributed by atoms with E-state index in [1.54, 1.807) is 6.07 Å². The highest BCUT2D eigenvalue weighted by Gasteiger charge is 2.08. The van der Waals surface area contributed by atoms with Crippen LogP contribution in [0.15, 0.2) is 18.2 Å². The number of carbonyl (C=O) groups excluding carboxylic acids is 1. The van der Waals surface area contributed by atoms with Gasteiger partial charge in [0.2, 0.25) is 5.91 Å². The van der Waals surface area contributed by atoms with Crippen molar-refractivity contribution in [2.45, 2.75) is 46.6 Å². The van der Waals surface area contributed by atoms with E-state index in [2.05, 4.69) is 26.1 Å². The second-order valence-electron chi connectivity index (χ2n) is 5.55. The Hall–Kier alpha value is -1.55. The van der Waals surface area contributed by atoms with Gasteiger partial charge in [0, 0.05) is 24.4 Å². The molecular formula is C16H26N2O2. The van der Waals surface area contributed by atoms with Gasteiger partial charge in [-0.25, -0.2) is 0 Å². The molecule has 0 aromatic heterocycles. The van der Waals surface area contributed by atoms with Gasteiger partial charge in [0.1, 0.15) is 0 Å². The fourth-order valence-corrected chi connectivity index (χ4v) is 1.68. The Morgan fingerprint density at radius 2 is 2.05 bits per heavy atom. The van der Waals surface area contributed by atoms with Crippen LogP contribution in [0.25, 0.3) is 0 Å². The molecule has 3 N–H and O–H groups in total. The fourth-order valence-electron chi connectivity index (χ4n) is 1.68. The van der Waals surface area contributed by atoms with Gasteiger partial charge in [-0.15, -0.1) is 0 Å². The summed E-state index contributed by atoms with van der Waals surface area (Å²) in [5, 5.41) is 2.89. The van der Waals surface area contributed by atoms with Crippen LogP contribution in [0.4, 0.5) is 11.4 Å². The third kappa shape index (κ3) is 5.61. The molecule has 0 aliphatic carbocycles. The van der Waals surface area contributed by atoms with E-state index in [1.165, 1.54) is 0 Å². The van der Waals surface area contributed by atoms with Crippen LogP contribution in [0, 0.1) is 12.8 Å². The lowest BCUT2D eigenvalue weighted by molar-refractivity contribution is -0.116. The topological polar surface area (TPSA) is 64.3 Å². The van der Waals surface area contributed by atoms with Gasteiger partial charge in [-0.2, -0.15) is 0 Å².